The molecular weight excluding hydrogens is 270 g/mol. The molecule has 0 amide bonds. The fraction of sp³-hybridized carbons (Fsp3) is 0.400. The molecule has 0 fully saturated rings. The summed E-state index contributed by atoms with van der Waals surface area (Å²) in [5, 5.41) is 0. The molecule has 1 heterocycles. The number of nitrogens with zero attached hydrogens (tertiary/aromatic N) is 1. The highest BCUT2D eigenvalue weighted by molar-refractivity contribution is 5.44. The van der Waals surface area contributed by atoms with Crippen molar-refractivity contribution in [3.8, 4) is 11.5 Å². The van der Waals surface area contributed by atoms with Crippen LogP contribution in [-0.2, 0) is 18.4 Å². The maximum absolute atomic E-state index is 6.17. The molecule has 2 heteroatoms. The standard InChI is InChI=1S/C20H25NO/c1-20(2,3)16-8-10-17(11-9-16)22-19-7-5-6-15-12-13-21(4)14-18(15)19/h5-11H,12-14H2,1-4H3. The van der Waals surface area contributed by atoms with Crippen LogP contribution in [0.2, 0.25) is 0 Å². The largest absolute Gasteiger partial charge is 0.457 e. The van der Waals surface area contributed by atoms with Gasteiger partial charge in [0.1, 0.15) is 11.5 Å². The van der Waals surface area contributed by atoms with Gasteiger partial charge in [-0.2, -0.15) is 0 Å². The quantitative estimate of drug-likeness (QED) is 0.791. The van der Waals surface area contributed by atoms with Crippen molar-refractivity contribution in [3.63, 3.8) is 0 Å². The van der Waals surface area contributed by atoms with Crippen LogP contribution in [0.15, 0.2) is 42.5 Å². The second-order valence-corrected chi connectivity index (χ2v) is 7.26. The summed E-state index contributed by atoms with van der Waals surface area (Å²) in [5.41, 5.74) is 4.25. The average molecular weight is 295 g/mol. The summed E-state index contributed by atoms with van der Waals surface area (Å²) in [6.45, 7) is 8.77. The third kappa shape index (κ3) is 3.17. The van der Waals surface area contributed by atoms with E-state index in [4.69, 9.17) is 4.74 Å². The highest BCUT2D eigenvalue weighted by Crippen LogP contribution is 2.32. The molecule has 3 rings (SSSR count). The smallest absolute Gasteiger partial charge is 0.132 e. The molecule has 1 aliphatic rings. The monoisotopic (exact) mass is 295 g/mol. The van der Waals surface area contributed by atoms with Crippen LogP contribution in [0, 0.1) is 0 Å². The van der Waals surface area contributed by atoms with Gasteiger partial charge in [0, 0.05) is 18.7 Å². The van der Waals surface area contributed by atoms with Crippen LogP contribution in [0.25, 0.3) is 0 Å². The SMILES string of the molecule is CN1CCc2cccc(Oc3ccc(C(C)(C)C)cc3)c2C1. The highest BCUT2D eigenvalue weighted by atomic mass is 16.5. The van der Waals surface area contributed by atoms with Crippen LogP contribution in [0.3, 0.4) is 0 Å². The Morgan fingerprint density at radius 2 is 1.73 bits per heavy atom. The predicted molar refractivity (Wildman–Crippen MR) is 91.7 cm³/mol. The topological polar surface area (TPSA) is 12.5 Å². The zero-order chi connectivity index (χ0) is 15.7. The normalized spacial score (nSPS) is 15.5. The lowest BCUT2D eigenvalue weighted by Crippen LogP contribution is -2.26. The van der Waals surface area contributed by atoms with E-state index in [0.29, 0.717) is 0 Å². The first-order chi connectivity index (χ1) is 10.4. The molecule has 0 bridgehead atoms. The number of hydrogen-bond donors (Lipinski definition) is 0. The first-order valence-electron chi connectivity index (χ1n) is 8.01. The van der Waals surface area contributed by atoms with E-state index in [1.165, 1.54) is 16.7 Å². The van der Waals surface area contributed by atoms with Crippen LogP contribution in [-0.4, -0.2) is 18.5 Å². The lowest BCUT2D eigenvalue weighted by atomic mass is 9.87. The molecule has 0 spiro atoms. The van der Waals surface area contributed by atoms with Crippen LogP contribution in [0.1, 0.15) is 37.5 Å². The molecule has 0 unspecified atom stereocenters. The third-order valence-corrected chi connectivity index (χ3v) is 4.37. The van der Waals surface area contributed by atoms with Gasteiger partial charge in [0.2, 0.25) is 0 Å². The summed E-state index contributed by atoms with van der Waals surface area (Å²) < 4.78 is 6.17. The lowest BCUT2D eigenvalue weighted by Gasteiger charge is -2.26. The van der Waals surface area contributed by atoms with E-state index in [2.05, 4.69) is 75.2 Å². The molecule has 0 N–H and O–H groups in total. The van der Waals surface area contributed by atoms with Crippen molar-refractivity contribution < 1.29 is 4.74 Å². The summed E-state index contributed by atoms with van der Waals surface area (Å²) in [4.78, 5) is 2.35. The minimum Gasteiger partial charge on any atom is -0.457 e. The molecule has 0 atom stereocenters. The summed E-state index contributed by atoms with van der Waals surface area (Å²) in [7, 11) is 2.16. The van der Waals surface area contributed by atoms with E-state index in [-0.39, 0.29) is 5.41 Å². The number of rotatable bonds is 2. The summed E-state index contributed by atoms with van der Waals surface area (Å²) in [6, 6.07) is 14.9. The van der Waals surface area contributed by atoms with Crippen LogP contribution in [0.5, 0.6) is 11.5 Å². The molecule has 0 aromatic heterocycles. The van der Waals surface area contributed by atoms with Crippen molar-refractivity contribution in [3.05, 3.63) is 59.2 Å². The van der Waals surface area contributed by atoms with E-state index in [9.17, 15) is 0 Å². The van der Waals surface area contributed by atoms with E-state index in [0.717, 1.165) is 31.0 Å². The Hall–Kier alpha value is -1.80. The fourth-order valence-electron chi connectivity index (χ4n) is 2.93. The number of likely N-dealkylation sites (N-methyl/N-ethyl adjacent to an activating group) is 1. The molecule has 1 aliphatic heterocycles. The minimum atomic E-state index is 0.174. The minimum absolute atomic E-state index is 0.174. The van der Waals surface area contributed by atoms with Gasteiger partial charge in [0.05, 0.1) is 0 Å². The van der Waals surface area contributed by atoms with Gasteiger partial charge in [-0.05, 0) is 48.2 Å². The van der Waals surface area contributed by atoms with E-state index in [1.807, 2.05) is 0 Å². The Balaban J connectivity index is 1.85. The molecule has 22 heavy (non-hydrogen) atoms. The van der Waals surface area contributed by atoms with Gasteiger partial charge in [-0.1, -0.05) is 45.0 Å². The number of benzene rings is 2. The first kappa shape index (κ1) is 15.1. The molecule has 2 nitrogen and oxygen atoms in total. The zero-order valence-corrected chi connectivity index (χ0v) is 14.0. The summed E-state index contributed by atoms with van der Waals surface area (Å²) in [5.74, 6) is 1.90. The molecule has 116 valence electrons. The second-order valence-electron chi connectivity index (χ2n) is 7.26. The number of ether oxygens (including phenoxy) is 1. The third-order valence-electron chi connectivity index (χ3n) is 4.37. The number of fused-ring (bicyclic) bond motifs is 1. The fourth-order valence-corrected chi connectivity index (χ4v) is 2.93. The molecule has 2 aromatic carbocycles. The van der Waals surface area contributed by atoms with Crippen molar-refractivity contribution in [1.82, 2.24) is 4.90 Å². The summed E-state index contributed by atoms with van der Waals surface area (Å²) in [6.07, 6.45) is 1.10. The van der Waals surface area contributed by atoms with Gasteiger partial charge >= 0.3 is 0 Å². The lowest BCUT2D eigenvalue weighted by molar-refractivity contribution is 0.306. The van der Waals surface area contributed by atoms with Gasteiger partial charge in [0.15, 0.2) is 0 Å². The Morgan fingerprint density at radius 3 is 2.41 bits per heavy atom. The van der Waals surface area contributed by atoms with Crippen molar-refractivity contribution in [1.29, 1.82) is 0 Å². The summed E-state index contributed by atoms with van der Waals surface area (Å²) >= 11 is 0. The zero-order valence-electron chi connectivity index (χ0n) is 14.0. The molecule has 0 saturated carbocycles. The Kier molecular flexibility index (Phi) is 3.96. The van der Waals surface area contributed by atoms with Crippen LogP contribution in [0.4, 0.5) is 0 Å². The molecule has 0 aliphatic carbocycles. The Morgan fingerprint density at radius 1 is 1.00 bits per heavy atom. The van der Waals surface area contributed by atoms with Gasteiger partial charge in [-0.25, -0.2) is 0 Å². The van der Waals surface area contributed by atoms with Crippen molar-refractivity contribution >= 4 is 0 Å². The molecule has 2 aromatic rings. The van der Waals surface area contributed by atoms with Gasteiger partial charge in [-0.15, -0.1) is 0 Å². The second kappa shape index (κ2) is 5.77. The van der Waals surface area contributed by atoms with E-state index < -0.39 is 0 Å². The van der Waals surface area contributed by atoms with E-state index in [1.54, 1.807) is 0 Å². The van der Waals surface area contributed by atoms with Crippen LogP contribution >= 0.6 is 0 Å². The van der Waals surface area contributed by atoms with Crippen LogP contribution < -0.4 is 4.74 Å². The Bertz CT molecular complexity index is 652. The van der Waals surface area contributed by atoms with E-state index >= 15 is 0 Å². The molecule has 0 saturated heterocycles. The Labute approximate surface area is 133 Å². The first-order valence-corrected chi connectivity index (χ1v) is 8.01. The number of hydrogen-bond acceptors (Lipinski definition) is 2. The predicted octanol–water partition coefficient (Wildman–Crippen LogP) is 4.76. The van der Waals surface area contributed by atoms with Crippen molar-refractivity contribution in [2.45, 2.75) is 39.2 Å². The maximum Gasteiger partial charge on any atom is 0.132 e. The highest BCUT2D eigenvalue weighted by Gasteiger charge is 2.18. The maximum atomic E-state index is 6.17. The van der Waals surface area contributed by atoms with Crippen molar-refractivity contribution in [2.75, 3.05) is 13.6 Å². The van der Waals surface area contributed by atoms with Crippen molar-refractivity contribution in [2.24, 2.45) is 0 Å². The van der Waals surface area contributed by atoms with Gasteiger partial charge in [0.25, 0.3) is 0 Å². The molecule has 0 radical (unpaired) electrons. The molecular formula is C20H25NO. The van der Waals surface area contributed by atoms with Gasteiger partial charge < -0.3 is 9.64 Å². The average Bonchev–Trinajstić information content (AvgIpc) is 2.47. The van der Waals surface area contributed by atoms with Gasteiger partial charge in [-0.3, -0.25) is 0 Å².